The Hall–Kier alpha value is -1.51. The third-order valence-electron chi connectivity index (χ3n) is 4.56. The maximum absolute atomic E-state index is 12.1. The molecule has 0 radical (unpaired) electrons. The number of hydrogen-bond donors (Lipinski definition) is 2. The molecule has 6 nitrogen and oxygen atoms in total. The quantitative estimate of drug-likeness (QED) is 0.363. The fourth-order valence-corrected chi connectivity index (χ4v) is 2.85. The van der Waals surface area contributed by atoms with E-state index in [1.807, 2.05) is 30.0 Å². The van der Waals surface area contributed by atoms with Gasteiger partial charge in [0.1, 0.15) is 6.54 Å². The maximum atomic E-state index is 12.1. The van der Waals surface area contributed by atoms with E-state index in [2.05, 4.69) is 46.6 Å². The van der Waals surface area contributed by atoms with Crippen LogP contribution in [-0.4, -0.2) is 62.6 Å². The van der Waals surface area contributed by atoms with E-state index >= 15 is 0 Å². The van der Waals surface area contributed by atoms with Gasteiger partial charge in [-0.3, -0.25) is 4.79 Å². The molecule has 1 saturated heterocycles. The molecule has 1 amide bonds. The number of halogens is 1. The van der Waals surface area contributed by atoms with E-state index in [0.717, 1.165) is 39.0 Å². The number of likely N-dealkylation sites (N-methyl/N-ethyl adjacent to an activating group) is 1. The number of anilines is 1. The number of carbonyl (C=O) groups is 1. The van der Waals surface area contributed by atoms with Gasteiger partial charge < -0.3 is 20.4 Å². The van der Waals surface area contributed by atoms with Crippen molar-refractivity contribution in [1.29, 1.82) is 0 Å². The fraction of sp³-hybridized carbons (Fsp3) is 0.579. The number of benzene rings is 1. The number of rotatable bonds is 7. The van der Waals surface area contributed by atoms with Gasteiger partial charge in [-0.1, -0.05) is 18.2 Å². The molecule has 1 aliphatic heterocycles. The van der Waals surface area contributed by atoms with Crippen LogP contribution in [-0.2, 0) is 4.79 Å². The Bertz CT molecular complexity index is 560. The SMILES string of the molecule is CCNC(=NCC(=O)N1CCCC1)NCC(C)N(C)c1ccccc1.I. The lowest BCUT2D eigenvalue weighted by molar-refractivity contribution is -0.128. The molecule has 2 N–H and O–H groups in total. The van der Waals surface area contributed by atoms with Gasteiger partial charge in [-0.05, 0) is 38.8 Å². The lowest BCUT2D eigenvalue weighted by Crippen LogP contribution is -2.45. The number of carbonyl (C=O) groups excluding carboxylic acids is 1. The van der Waals surface area contributed by atoms with E-state index < -0.39 is 0 Å². The fourth-order valence-electron chi connectivity index (χ4n) is 2.85. The number of hydrogen-bond acceptors (Lipinski definition) is 3. The summed E-state index contributed by atoms with van der Waals surface area (Å²) < 4.78 is 0. The summed E-state index contributed by atoms with van der Waals surface area (Å²) in [6.45, 7) is 7.66. The predicted octanol–water partition coefficient (Wildman–Crippen LogP) is 2.31. The van der Waals surface area contributed by atoms with Gasteiger partial charge in [0.25, 0.3) is 0 Å². The lowest BCUT2D eigenvalue weighted by Gasteiger charge is -2.28. The summed E-state index contributed by atoms with van der Waals surface area (Å²) >= 11 is 0. The second-order valence-corrected chi connectivity index (χ2v) is 6.46. The lowest BCUT2D eigenvalue weighted by atomic mass is 10.2. The van der Waals surface area contributed by atoms with Crippen molar-refractivity contribution in [2.45, 2.75) is 32.7 Å². The first-order valence-electron chi connectivity index (χ1n) is 9.19. The minimum absolute atomic E-state index is 0. The zero-order valence-electron chi connectivity index (χ0n) is 16.1. The summed E-state index contributed by atoms with van der Waals surface area (Å²) in [6, 6.07) is 10.6. The van der Waals surface area contributed by atoms with Crippen molar-refractivity contribution in [1.82, 2.24) is 15.5 Å². The van der Waals surface area contributed by atoms with E-state index in [-0.39, 0.29) is 36.4 Å². The van der Waals surface area contributed by atoms with Crippen molar-refractivity contribution in [3.05, 3.63) is 30.3 Å². The standard InChI is InChI=1S/C19H31N5O.HI/c1-4-20-19(22-15-18(25)24-12-8-9-13-24)21-14-16(2)23(3)17-10-6-5-7-11-17;/h5-7,10-11,16H,4,8-9,12-15H2,1-3H3,(H2,20,21,22);1H. The van der Waals surface area contributed by atoms with E-state index in [4.69, 9.17) is 0 Å². The van der Waals surface area contributed by atoms with Crippen LogP contribution in [0.4, 0.5) is 5.69 Å². The number of likely N-dealkylation sites (tertiary alicyclic amines) is 1. The Morgan fingerprint density at radius 3 is 2.50 bits per heavy atom. The van der Waals surface area contributed by atoms with Gasteiger partial charge in [0, 0.05) is 45.0 Å². The Labute approximate surface area is 174 Å². The van der Waals surface area contributed by atoms with Gasteiger partial charge in [-0.15, -0.1) is 24.0 Å². The molecule has 0 bridgehead atoms. The monoisotopic (exact) mass is 473 g/mol. The van der Waals surface area contributed by atoms with E-state index in [1.54, 1.807) is 0 Å². The predicted molar refractivity (Wildman–Crippen MR) is 120 cm³/mol. The summed E-state index contributed by atoms with van der Waals surface area (Å²) in [6.07, 6.45) is 2.22. The highest BCUT2D eigenvalue weighted by Gasteiger charge is 2.17. The maximum Gasteiger partial charge on any atom is 0.244 e. The molecule has 1 unspecified atom stereocenters. The van der Waals surface area contributed by atoms with E-state index in [1.165, 1.54) is 5.69 Å². The number of para-hydroxylation sites is 1. The molecule has 0 aromatic heterocycles. The summed E-state index contributed by atoms with van der Waals surface area (Å²) in [5.74, 6) is 0.813. The summed E-state index contributed by atoms with van der Waals surface area (Å²) in [5.41, 5.74) is 1.18. The smallest absolute Gasteiger partial charge is 0.244 e. The summed E-state index contributed by atoms with van der Waals surface area (Å²) in [7, 11) is 2.09. The normalized spacial score (nSPS) is 15.2. The van der Waals surface area contributed by atoms with Crippen LogP contribution < -0.4 is 15.5 Å². The summed E-state index contributed by atoms with van der Waals surface area (Å²) in [4.78, 5) is 20.7. The molecule has 1 aromatic rings. The number of nitrogens with zero attached hydrogens (tertiary/aromatic N) is 3. The van der Waals surface area contributed by atoms with Crippen LogP contribution in [0.25, 0.3) is 0 Å². The third kappa shape index (κ3) is 7.01. The molecule has 1 heterocycles. The molecule has 1 fully saturated rings. The molecule has 0 spiro atoms. The van der Waals surface area contributed by atoms with Crippen molar-refractivity contribution in [2.75, 3.05) is 44.7 Å². The van der Waals surface area contributed by atoms with Gasteiger partial charge in [0.2, 0.25) is 5.91 Å². The van der Waals surface area contributed by atoms with Crippen molar-refractivity contribution in [3.63, 3.8) is 0 Å². The third-order valence-corrected chi connectivity index (χ3v) is 4.56. The molecule has 7 heteroatoms. The number of amides is 1. The van der Waals surface area contributed by atoms with Crippen LogP contribution in [0.1, 0.15) is 26.7 Å². The Balaban J connectivity index is 0.00000338. The zero-order chi connectivity index (χ0) is 18.1. The van der Waals surface area contributed by atoms with Gasteiger partial charge in [-0.2, -0.15) is 0 Å². The minimum Gasteiger partial charge on any atom is -0.370 e. The Morgan fingerprint density at radius 1 is 1.23 bits per heavy atom. The first-order chi connectivity index (χ1) is 12.1. The van der Waals surface area contributed by atoms with Crippen molar-refractivity contribution >= 4 is 41.5 Å². The van der Waals surface area contributed by atoms with Gasteiger partial charge in [0.05, 0.1) is 0 Å². The second-order valence-electron chi connectivity index (χ2n) is 6.46. The molecule has 0 aliphatic carbocycles. The summed E-state index contributed by atoms with van der Waals surface area (Å²) in [5, 5.41) is 6.56. The molecule has 26 heavy (non-hydrogen) atoms. The molecule has 0 saturated carbocycles. The Morgan fingerprint density at radius 2 is 1.88 bits per heavy atom. The first kappa shape index (κ1) is 22.5. The topological polar surface area (TPSA) is 60.0 Å². The van der Waals surface area contributed by atoms with E-state index in [9.17, 15) is 4.79 Å². The van der Waals surface area contributed by atoms with Crippen molar-refractivity contribution < 1.29 is 4.79 Å². The highest BCUT2D eigenvalue weighted by molar-refractivity contribution is 14.0. The molecular weight excluding hydrogens is 441 g/mol. The average Bonchev–Trinajstić information content (AvgIpc) is 3.18. The average molecular weight is 473 g/mol. The second kappa shape index (κ2) is 12.0. The van der Waals surface area contributed by atoms with Crippen LogP contribution in [0, 0.1) is 0 Å². The van der Waals surface area contributed by atoms with Crippen LogP contribution in [0.3, 0.4) is 0 Å². The number of aliphatic imine (C=N–C) groups is 1. The number of nitrogens with one attached hydrogen (secondary N) is 2. The van der Waals surface area contributed by atoms with Crippen LogP contribution in [0.15, 0.2) is 35.3 Å². The van der Waals surface area contributed by atoms with Gasteiger partial charge in [0.15, 0.2) is 5.96 Å². The molecule has 2 rings (SSSR count). The van der Waals surface area contributed by atoms with Gasteiger partial charge >= 0.3 is 0 Å². The highest BCUT2D eigenvalue weighted by atomic mass is 127. The molecule has 1 aromatic carbocycles. The minimum atomic E-state index is 0. The van der Waals surface area contributed by atoms with Crippen LogP contribution in [0.2, 0.25) is 0 Å². The molecule has 1 aliphatic rings. The van der Waals surface area contributed by atoms with E-state index in [0.29, 0.717) is 12.0 Å². The zero-order valence-corrected chi connectivity index (χ0v) is 18.4. The largest absolute Gasteiger partial charge is 0.370 e. The van der Waals surface area contributed by atoms with Crippen LogP contribution in [0.5, 0.6) is 0 Å². The highest BCUT2D eigenvalue weighted by Crippen LogP contribution is 2.13. The van der Waals surface area contributed by atoms with Crippen molar-refractivity contribution in [2.24, 2.45) is 4.99 Å². The molecule has 1 atom stereocenters. The van der Waals surface area contributed by atoms with Crippen molar-refractivity contribution in [3.8, 4) is 0 Å². The number of guanidine groups is 1. The van der Waals surface area contributed by atoms with Crippen LogP contribution >= 0.6 is 24.0 Å². The van der Waals surface area contributed by atoms with Gasteiger partial charge in [-0.25, -0.2) is 4.99 Å². The first-order valence-corrected chi connectivity index (χ1v) is 9.19. The Kier molecular flexibility index (Phi) is 10.4. The molecule has 146 valence electrons. The molecular formula is C19H32IN5O.